The van der Waals surface area contributed by atoms with Gasteiger partial charge in [-0.3, -0.25) is 4.79 Å². The van der Waals surface area contributed by atoms with Crippen LogP contribution in [0, 0.1) is 12.7 Å². The smallest absolute Gasteiger partial charge is 0.258 e. The lowest BCUT2D eigenvalue weighted by molar-refractivity contribution is -0.123. The van der Waals surface area contributed by atoms with E-state index in [1.165, 1.54) is 24.3 Å². The van der Waals surface area contributed by atoms with Crippen molar-refractivity contribution in [1.82, 2.24) is 5.32 Å². The molecule has 23 heavy (non-hydrogen) atoms. The maximum absolute atomic E-state index is 12.8. The van der Waals surface area contributed by atoms with E-state index in [9.17, 15) is 9.18 Å². The number of rotatable bonds is 7. The van der Waals surface area contributed by atoms with Gasteiger partial charge >= 0.3 is 0 Å². The number of amides is 1. The first kappa shape index (κ1) is 16.8. The van der Waals surface area contributed by atoms with Gasteiger partial charge in [-0.1, -0.05) is 18.2 Å². The van der Waals surface area contributed by atoms with Crippen molar-refractivity contribution >= 4 is 5.91 Å². The van der Waals surface area contributed by atoms with Gasteiger partial charge in [-0.25, -0.2) is 4.39 Å². The van der Waals surface area contributed by atoms with Crippen LogP contribution >= 0.6 is 0 Å². The van der Waals surface area contributed by atoms with Crippen LogP contribution in [0.2, 0.25) is 0 Å². The third-order valence-electron chi connectivity index (χ3n) is 3.17. The second kappa shape index (κ2) is 8.17. The molecule has 0 aliphatic carbocycles. The molecule has 0 radical (unpaired) electrons. The van der Waals surface area contributed by atoms with Crippen molar-refractivity contribution < 1.29 is 18.7 Å². The van der Waals surface area contributed by atoms with Crippen molar-refractivity contribution in [3.05, 3.63) is 59.9 Å². The highest BCUT2D eigenvalue weighted by atomic mass is 19.1. The molecular weight excluding hydrogens is 297 g/mol. The normalized spacial score (nSPS) is 11.6. The molecule has 2 rings (SSSR count). The molecule has 0 aromatic heterocycles. The van der Waals surface area contributed by atoms with Gasteiger partial charge in [0.25, 0.3) is 5.91 Å². The second-order valence-electron chi connectivity index (χ2n) is 5.29. The number of hydrogen-bond donors (Lipinski definition) is 1. The largest absolute Gasteiger partial charge is 0.491 e. The Bertz CT molecular complexity index is 643. The number of para-hydroxylation sites is 1. The number of halogens is 1. The Morgan fingerprint density at radius 1 is 1.13 bits per heavy atom. The summed E-state index contributed by atoms with van der Waals surface area (Å²) in [6, 6.07) is 13.1. The van der Waals surface area contributed by atoms with Crippen LogP contribution in [-0.4, -0.2) is 25.2 Å². The van der Waals surface area contributed by atoms with E-state index in [4.69, 9.17) is 9.47 Å². The van der Waals surface area contributed by atoms with Gasteiger partial charge in [0.15, 0.2) is 6.61 Å². The predicted molar refractivity (Wildman–Crippen MR) is 86.2 cm³/mol. The van der Waals surface area contributed by atoms with Crippen LogP contribution in [0.4, 0.5) is 4.39 Å². The molecule has 0 saturated carbocycles. The summed E-state index contributed by atoms with van der Waals surface area (Å²) in [4.78, 5) is 11.8. The monoisotopic (exact) mass is 317 g/mol. The molecule has 0 aliphatic heterocycles. The summed E-state index contributed by atoms with van der Waals surface area (Å²) in [6.07, 6.45) is 0. The number of carbonyl (C=O) groups excluding carboxylic acids is 1. The molecule has 1 atom stereocenters. The standard InChI is InChI=1S/C18H20FNO3/c1-13-5-3-4-6-17(13)23-11-14(2)20-18(21)12-22-16-9-7-15(19)8-10-16/h3-10,14H,11-12H2,1-2H3,(H,20,21). The molecule has 0 fully saturated rings. The number of benzene rings is 2. The average Bonchev–Trinajstić information content (AvgIpc) is 2.53. The van der Waals surface area contributed by atoms with Crippen molar-refractivity contribution in [1.29, 1.82) is 0 Å². The van der Waals surface area contributed by atoms with E-state index in [1.807, 2.05) is 38.1 Å². The van der Waals surface area contributed by atoms with E-state index in [-0.39, 0.29) is 24.4 Å². The minimum absolute atomic E-state index is 0.125. The zero-order valence-corrected chi connectivity index (χ0v) is 13.2. The molecule has 0 aliphatic rings. The topological polar surface area (TPSA) is 47.6 Å². The van der Waals surface area contributed by atoms with Gasteiger partial charge < -0.3 is 14.8 Å². The summed E-state index contributed by atoms with van der Waals surface area (Å²) in [6.45, 7) is 4.07. The van der Waals surface area contributed by atoms with E-state index in [0.29, 0.717) is 12.4 Å². The van der Waals surface area contributed by atoms with Crippen molar-refractivity contribution in [2.75, 3.05) is 13.2 Å². The van der Waals surface area contributed by atoms with Gasteiger partial charge in [0, 0.05) is 0 Å². The van der Waals surface area contributed by atoms with E-state index in [1.54, 1.807) is 0 Å². The first-order chi connectivity index (χ1) is 11.0. The third kappa shape index (κ3) is 5.62. The highest BCUT2D eigenvalue weighted by molar-refractivity contribution is 5.77. The van der Waals surface area contributed by atoms with Crippen LogP contribution in [0.5, 0.6) is 11.5 Å². The van der Waals surface area contributed by atoms with Crippen LogP contribution in [0.3, 0.4) is 0 Å². The number of nitrogens with one attached hydrogen (secondary N) is 1. The van der Waals surface area contributed by atoms with Crippen LogP contribution in [0.1, 0.15) is 12.5 Å². The van der Waals surface area contributed by atoms with Crippen molar-refractivity contribution in [3.63, 3.8) is 0 Å². The fourth-order valence-electron chi connectivity index (χ4n) is 1.97. The van der Waals surface area contributed by atoms with Crippen LogP contribution in [0.15, 0.2) is 48.5 Å². The second-order valence-corrected chi connectivity index (χ2v) is 5.29. The third-order valence-corrected chi connectivity index (χ3v) is 3.17. The Balaban J connectivity index is 1.72. The molecule has 0 bridgehead atoms. The molecular formula is C18H20FNO3. The van der Waals surface area contributed by atoms with E-state index >= 15 is 0 Å². The van der Waals surface area contributed by atoms with E-state index < -0.39 is 0 Å². The fourth-order valence-corrected chi connectivity index (χ4v) is 1.97. The lowest BCUT2D eigenvalue weighted by Crippen LogP contribution is -2.39. The molecule has 0 saturated heterocycles. The van der Waals surface area contributed by atoms with E-state index in [2.05, 4.69) is 5.32 Å². The predicted octanol–water partition coefficient (Wildman–Crippen LogP) is 3.10. The molecule has 122 valence electrons. The molecule has 0 heterocycles. The van der Waals surface area contributed by atoms with Crippen LogP contribution in [-0.2, 0) is 4.79 Å². The molecule has 5 heteroatoms. The van der Waals surface area contributed by atoms with Gasteiger partial charge in [-0.2, -0.15) is 0 Å². The molecule has 2 aromatic rings. The maximum atomic E-state index is 12.8. The highest BCUT2D eigenvalue weighted by Crippen LogP contribution is 2.16. The lowest BCUT2D eigenvalue weighted by atomic mass is 10.2. The molecule has 1 unspecified atom stereocenters. The molecule has 0 spiro atoms. The first-order valence-corrected chi connectivity index (χ1v) is 7.41. The number of aryl methyl sites for hydroxylation is 1. The zero-order chi connectivity index (χ0) is 16.7. The summed E-state index contributed by atoms with van der Waals surface area (Å²) in [5.41, 5.74) is 1.05. The minimum atomic E-state index is -0.344. The Kier molecular flexibility index (Phi) is 5.97. The fraction of sp³-hybridized carbons (Fsp3) is 0.278. The summed E-state index contributed by atoms with van der Waals surface area (Å²) in [5.74, 6) is 0.653. The van der Waals surface area contributed by atoms with Gasteiger partial charge in [0.05, 0.1) is 6.04 Å². The zero-order valence-electron chi connectivity index (χ0n) is 13.2. The molecule has 4 nitrogen and oxygen atoms in total. The minimum Gasteiger partial charge on any atom is -0.491 e. The number of ether oxygens (including phenoxy) is 2. The number of hydrogen-bond acceptors (Lipinski definition) is 3. The lowest BCUT2D eigenvalue weighted by Gasteiger charge is -2.16. The molecule has 1 N–H and O–H groups in total. The number of carbonyl (C=O) groups is 1. The van der Waals surface area contributed by atoms with Crippen LogP contribution < -0.4 is 14.8 Å². The SMILES string of the molecule is Cc1ccccc1OCC(C)NC(=O)COc1ccc(F)cc1. The average molecular weight is 317 g/mol. The van der Waals surface area contributed by atoms with Gasteiger partial charge in [0.1, 0.15) is 23.9 Å². The quantitative estimate of drug-likeness (QED) is 0.853. The first-order valence-electron chi connectivity index (χ1n) is 7.41. The van der Waals surface area contributed by atoms with Crippen LogP contribution in [0.25, 0.3) is 0 Å². The van der Waals surface area contributed by atoms with Gasteiger partial charge in [-0.05, 0) is 49.7 Å². The van der Waals surface area contributed by atoms with Crippen molar-refractivity contribution in [2.45, 2.75) is 19.9 Å². The Morgan fingerprint density at radius 2 is 1.83 bits per heavy atom. The Hall–Kier alpha value is -2.56. The summed E-state index contributed by atoms with van der Waals surface area (Å²) < 4.78 is 23.7. The highest BCUT2D eigenvalue weighted by Gasteiger charge is 2.09. The summed E-state index contributed by atoms with van der Waals surface area (Å²) in [7, 11) is 0. The molecule has 2 aromatic carbocycles. The summed E-state index contributed by atoms with van der Waals surface area (Å²) >= 11 is 0. The van der Waals surface area contributed by atoms with Gasteiger partial charge in [0.2, 0.25) is 0 Å². The van der Waals surface area contributed by atoms with Crippen molar-refractivity contribution in [2.24, 2.45) is 0 Å². The summed E-state index contributed by atoms with van der Waals surface area (Å²) in [5, 5.41) is 2.79. The Morgan fingerprint density at radius 3 is 2.52 bits per heavy atom. The maximum Gasteiger partial charge on any atom is 0.258 e. The molecule has 1 amide bonds. The van der Waals surface area contributed by atoms with E-state index in [0.717, 1.165) is 11.3 Å². The van der Waals surface area contributed by atoms with Crippen molar-refractivity contribution in [3.8, 4) is 11.5 Å². The Labute approximate surface area is 135 Å². The van der Waals surface area contributed by atoms with Gasteiger partial charge in [-0.15, -0.1) is 0 Å².